The van der Waals surface area contributed by atoms with Crippen LogP contribution in [0.25, 0.3) is 0 Å². The zero-order valence-corrected chi connectivity index (χ0v) is 11.9. The van der Waals surface area contributed by atoms with E-state index in [1.54, 1.807) is 0 Å². The molecule has 1 amide bonds. The molecule has 1 atom stereocenters. The molecule has 21 heavy (non-hydrogen) atoms. The molecule has 0 fully saturated rings. The highest BCUT2D eigenvalue weighted by Gasteiger charge is 2.30. The molecule has 0 aliphatic carbocycles. The molecule has 108 valence electrons. The monoisotopic (exact) mass is 305 g/mol. The van der Waals surface area contributed by atoms with Gasteiger partial charge in [0.15, 0.2) is 0 Å². The van der Waals surface area contributed by atoms with Crippen LogP contribution in [0.4, 0.5) is 5.95 Å². The van der Waals surface area contributed by atoms with Crippen molar-refractivity contribution < 1.29 is 14.3 Å². The second-order valence-electron chi connectivity index (χ2n) is 4.45. The van der Waals surface area contributed by atoms with Gasteiger partial charge in [-0.25, -0.2) is 4.98 Å². The Bertz CT molecular complexity index is 693. The Balaban J connectivity index is 1.80. The number of carbonyl (C=O) groups excluding carboxylic acids is 1. The van der Waals surface area contributed by atoms with Crippen molar-refractivity contribution in [2.45, 2.75) is 5.92 Å². The Hall–Kier alpha value is -2.34. The Labute approximate surface area is 126 Å². The largest absolute Gasteiger partial charge is 0.492 e. The number of para-hydroxylation sites is 1. The molecular weight excluding hydrogens is 294 g/mol. The number of hydrogen-bond donors (Lipinski definition) is 1. The van der Waals surface area contributed by atoms with E-state index in [1.165, 1.54) is 13.2 Å². The summed E-state index contributed by atoms with van der Waals surface area (Å²) >= 11 is 5.85. The van der Waals surface area contributed by atoms with E-state index in [0.717, 1.165) is 11.3 Å². The average Bonchev–Trinajstić information content (AvgIpc) is 2.90. The molecule has 3 rings (SSSR count). The standard InChI is InChI=1S/C14H12ClN3O3/c1-20-12-6-11(15)16-14(17-12)18-13(19)9-7-21-10-5-3-2-4-8(9)10/h2-6,9H,7H2,1H3,(H,16,17,18,19). The average molecular weight is 306 g/mol. The molecule has 1 unspecified atom stereocenters. The van der Waals surface area contributed by atoms with E-state index in [4.69, 9.17) is 21.1 Å². The van der Waals surface area contributed by atoms with Gasteiger partial charge in [-0.15, -0.1) is 0 Å². The highest BCUT2D eigenvalue weighted by molar-refractivity contribution is 6.29. The van der Waals surface area contributed by atoms with Crippen LogP contribution in [-0.2, 0) is 4.79 Å². The minimum absolute atomic E-state index is 0.105. The maximum atomic E-state index is 12.3. The third kappa shape index (κ3) is 2.75. The molecule has 0 spiro atoms. The first-order valence-electron chi connectivity index (χ1n) is 6.28. The lowest BCUT2D eigenvalue weighted by Crippen LogP contribution is -2.23. The number of nitrogens with zero attached hydrogens (tertiary/aromatic N) is 2. The topological polar surface area (TPSA) is 73.3 Å². The quantitative estimate of drug-likeness (QED) is 0.881. The van der Waals surface area contributed by atoms with E-state index in [0.29, 0.717) is 6.61 Å². The maximum Gasteiger partial charge on any atom is 0.237 e. The van der Waals surface area contributed by atoms with Gasteiger partial charge < -0.3 is 9.47 Å². The van der Waals surface area contributed by atoms with Gasteiger partial charge in [0.05, 0.1) is 7.11 Å². The van der Waals surface area contributed by atoms with Crippen LogP contribution < -0.4 is 14.8 Å². The molecule has 0 saturated heterocycles. The molecule has 0 radical (unpaired) electrons. The van der Waals surface area contributed by atoms with Crippen LogP contribution in [0.5, 0.6) is 11.6 Å². The van der Waals surface area contributed by atoms with Crippen LogP contribution in [0.1, 0.15) is 11.5 Å². The van der Waals surface area contributed by atoms with Crippen LogP contribution in [0, 0.1) is 0 Å². The van der Waals surface area contributed by atoms with Crippen molar-refractivity contribution in [3.05, 3.63) is 41.0 Å². The molecule has 0 saturated carbocycles. The number of aromatic nitrogens is 2. The number of amides is 1. The van der Waals surface area contributed by atoms with Gasteiger partial charge in [-0.05, 0) is 6.07 Å². The lowest BCUT2D eigenvalue weighted by molar-refractivity contribution is -0.117. The number of halogens is 1. The van der Waals surface area contributed by atoms with Crippen molar-refractivity contribution in [3.8, 4) is 11.6 Å². The minimum atomic E-state index is -0.394. The maximum absolute atomic E-state index is 12.3. The number of rotatable bonds is 3. The van der Waals surface area contributed by atoms with Crippen LogP contribution in [0.3, 0.4) is 0 Å². The normalized spacial score (nSPS) is 16.0. The molecule has 7 heteroatoms. The number of nitrogens with one attached hydrogen (secondary N) is 1. The number of ether oxygens (including phenoxy) is 2. The van der Waals surface area contributed by atoms with Crippen molar-refractivity contribution >= 4 is 23.5 Å². The number of methoxy groups -OCH3 is 1. The molecule has 1 N–H and O–H groups in total. The van der Waals surface area contributed by atoms with Gasteiger partial charge in [0.25, 0.3) is 0 Å². The minimum Gasteiger partial charge on any atom is -0.492 e. The van der Waals surface area contributed by atoms with E-state index >= 15 is 0 Å². The Kier molecular flexibility index (Phi) is 3.62. The van der Waals surface area contributed by atoms with Crippen LogP contribution in [0.2, 0.25) is 5.15 Å². The second kappa shape index (κ2) is 5.57. The van der Waals surface area contributed by atoms with Gasteiger partial charge in [-0.3, -0.25) is 10.1 Å². The van der Waals surface area contributed by atoms with E-state index in [2.05, 4.69) is 15.3 Å². The van der Waals surface area contributed by atoms with Gasteiger partial charge in [-0.1, -0.05) is 29.8 Å². The molecule has 1 aromatic heterocycles. The fraction of sp³-hybridized carbons (Fsp3) is 0.214. The van der Waals surface area contributed by atoms with Crippen molar-refractivity contribution in [2.75, 3.05) is 19.0 Å². The van der Waals surface area contributed by atoms with Crippen LogP contribution in [-0.4, -0.2) is 29.6 Å². The lowest BCUT2D eigenvalue weighted by atomic mass is 10.0. The van der Waals surface area contributed by atoms with E-state index in [1.807, 2.05) is 24.3 Å². The van der Waals surface area contributed by atoms with E-state index in [-0.39, 0.29) is 22.9 Å². The van der Waals surface area contributed by atoms with Crippen molar-refractivity contribution in [1.82, 2.24) is 9.97 Å². The first-order chi connectivity index (χ1) is 10.2. The lowest BCUT2D eigenvalue weighted by Gasteiger charge is -2.10. The molecule has 1 aliphatic rings. The molecule has 6 nitrogen and oxygen atoms in total. The number of fused-ring (bicyclic) bond motifs is 1. The molecule has 1 aromatic carbocycles. The summed E-state index contributed by atoms with van der Waals surface area (Å²) in [5, 5.41) is 2.83. The molecule has 2 heterocycles. The molecule has 2 aromatic rings. The number of carbonyl (C=O) groups is 1. The number of benzene rings is 1. The smallest absolute Gasteiger partial charge is 0.237 e. The summed E-state index contributed by atoms with van der Waals surface area (Å²) in [5.74, 6) is 0.475. The van der Waals surface area contributed by atoms with Crippen molar-refractivity contribution in [2.24, 2.45) is 0 Å². The third-order valence-corrected chi connectivity index (χ3v) is 3.33. The van der Waals surface area contributed by atoms with E-state index < -0.39 is 5.92 Å². The van der Waals surface area contributed by atoms with Crippen LogP contribution in [0.15, 0.2) is 30.3 Å². The predicted octanol–water partition coefficient (Wildman–Crippen LogP) is 2.25. The summed E-state index contributed by atoms with van der Waals surface area (Å²) < 4.78 is 10.5. The first-order valence-corrected chi connectivity index (χ1v) is 6.66. The van der Waals surface area contributed by atoms with Crippen molar-refractivity contribution in [1.29, 1.82) is 0 Å². The summed E-state index contributed by atoms with van der Waals surface area (Å²) in [6, 6.07) is 8.90. The van der Waals surface area contributed by atoms with Gasteiger partial charge in [-0.2, -0.15) is 4.98 Å². The van der Waals surface area contributed by atoms with Crippen LogP contribution >= 0.6 is 11.6 Å². The Morgan fingerprint density at radius 3 is 3.05 bits per heavy atom. The van der Waals surface area contributed by atoms with Gasteiger partial charge in [0.2, 0.25) is 17.7 Å². The Morgan fingerprint density at radius 2 is 2.24 bits per heavy atom. The second-order valence-corrected chi connectivity index (χ2v) is 4.83. The predicted molar refractivity (Wildman–Crippen MR) is 76.9 cm³/mol. The number of hydrogen-bond acceptors (Lipinski definition) is 5. The highest BCUT2D eigenvalue weighted by atomic mass is 35.5. The third-order valence-electron chi connectivity index (χ3n) is 3.13. The summed E-state index contributed by atoms with van der Waals surface area (Å²) in [4.78, 5) is 20.3. The first kappa shape index (κ1) is 13.6. The van der Waals surface area contributed by atoms with Gasteiger partial charge in [0, 0.05) is 11.6 Å². The summed E-state index contributed by atoms with van der Waals surface area (Å²) in [5.41, 5.74) is 0.851. The van der Waals surface area contributed by atoms with Gasteiger partial charge >= 0.3 is 0 Å². The van der Waals surface area contributed by atoms with Gasteiger partial charge in [0.1, 0.15) is 23.4 Å². The van der Waals surface area contributed by atoms with E-state index in [9.17, 15) is 4.79 Å². The fourth-order valence-corrected chi connectivity index (χ4v) is 2.31. The summed E-state index contributed by atoms with van der Waals surface area (Å²) in [6.07, 6.45) is 0. The Morgan fingerprint density at radius 1 is 1.43 bits per heavy atom. The zero-order valence-electron chi connectivity index (χ0n) is 11.2. The molecule has 0 bridgehead atoms. The molecular formula is C14H12ClN3O3. The fourth-order valence-electron chi connectivity index (χ4n) is 2.13. The summed E-state index contributed by atoms with van der Waals surface area (Å²) in [6.45, 7) is 0.295. The summed E-state index contributed by atoms with van der Waals surface area (Å²) in [7, 11) is 1.46. The molecule has 1 aliphatic heterocycles. The van der Waals surface area contributed by atoms with Crippen molar-refractivity contribution in [3.63, 3.8) is 0 Å². The number of anilines is 1. The SMILES string of the molecule is COc1cc(Cl)nc(NC(=O)C2COc3ccccc32)n1. The highest BCUT2D eigenvalue weighted by Crippen LogP contribution is 2.34. The zero-order chi connectivity index (χ0) is 14.8.